The number of halogens is 4. The molecule has 0 spiro atoms. The van der Waals surface area contributed by atoms with Crippen molar-refractivity contribution in [3.8, 4) is 5.75 Å². The van der Waals surface area contributed by atoms with E-state index < -0.39 is 40.8 Å². The lowest BCUT2D eigenvalue weighted by Crippen LogP contribution is -2.48. The van der Waals surface area contributed by atoms with Gasteiger partial charge in [-0.3, -0.25) is 4.79 Å². The summed E-state index contributed by atoms with van der Waals surface area (Å²) in [6.07, 6.45) is 2.28. The largest absolute Gasteiger partial charge is 0.511 e. The van der Waals surface area contributed by atoms with Crippen molar-refractivity contribution in [3.63, 3.8) is 0 Å². The highest BCUT2D eigenvalue weighted by Crippen LogP contribution is 2.28. The molecule has 1 atom stereocenters. The molecule has 1 aromatic heterocycles. The SMILES string of the molecule is C=CC(=O)NCc1cc(OC[C@H](C)N(COC)S(=O)(=O)C(F)(F)F)cnc1Cl. The van der Waals surface area contributed by atoms with Crippen LogP contribution in [0.3, 0.4) is 0 Å². The second-order valence-corrected chi connectivity index (χ2v) is 7.70. The summed E-state index contributed by atoms with van der Waals surface area (Å²) in [4.78, 5) is 15.1. The molecule has 0 unspecified atom stereocenters. The van der Waals surface area contributed by atoms with Crippen LogP contribution in [0.15, 0.2) is 24.9 Å². The molecule has 0 aliphatic heterocycles. The molecule has 13 heteroatoms. The smallest absolute Gasteiger partial charge is 0.490 e. The molecule has 0 saturated heterocycles. The van der Waals surface area contributed by atoms with Crippen LogP contribution in [0.25, 0.3) is 0 Å². The average Bonchev–Trinajstić information content (AvgIpc) is 2.62. The maximum atomic E-state index is 12.8. The molecule has 0 fully saturated rings. The Kier molecular flexibility index (Phi) is 8.67. The number of alkyl halides is 3. The third kappa shape index (κ3) is 6.33. The zero-order valence-corrected chi connectivity index (χ0v) is 16.6. The average molecular weight is 446 g/mol. The van der Waals surface area contributed by atoms with Crippen LogP contribution in [0.4, 0.5) is 13.2 Å². The van der Waals surface area contributed by atoms with Gasteiger partial charge in [0.2, 0.25) is 5.91 Å². The Labute approximate surface area is 165 Å². The van der Waals surface area contributed by atoms with Gasteiger partial charge in [-0.25, -0.2) is 13.4 Å². The molecule has 0 aliphatic carbocycles. The van der Waals surface area contributed by atoms with E-state index in [2.05, 4.69) is 21.6 Å². The number of carbonyl (C=O) groups is 1. The van der Waals surface area contributed by atoms with Crippen LogP contribution in [0.5, 0.6) is 5.75 Å². The molecule has 0 aliphatic rings. The number of ether oxygens (including phenoxy) is 2. The van der Waals surface area contributed by atoms with E-state index in [0.717, 1.165) is 13.2 Å². The van der Waals surface area contributed by atoms with Crippen molar-refractivity contribution in [2.24, 2.45) is 0 Å². The summed E-state index contributed by atoms with van der Waals surface area (Å²) in [5.41, 5.74) is -5.09. The number of nitrogens with zero attached hydrogens (tertiary/aromatic N) is 2. The minimum atomic E-state index is -5.61. The lowest BCUT2D eigenvalue weighted by molar-refractivity contribution is -0.116. The number of nitrogens with one attached hydrogen (secondary N) is 1. The van der Waals surface area contributed by atoms with Gasteiger partial charge in [0.25, 0.3) is 0 Å². The van der Waals surface area contributed by atoms with Crippen molar-refractivity contribution in [1.29, 1.82) is 0 Å². The van der Waals surface area contributed by atoms with E-state index in [4.69, 9.17) is 16.3 Å². The standard InChI is InChI=1S/C15H19ClF3N3O5S/c1-4-13(23)20-6-11-5-12(7-21-14(11)16)27-8-10(2)22(9-26-3)28(24,25)15(17,18)19/h4-5,7,10H,1,6,8-9H2,2-3H3,(H,20,23)/t10-/m0/s1. The highest BCUT2D eigenvalue weighted by atomic mass is 35.5. The van der Waals surface area contributed by atoms with Gasteiger partial charge in [0.15, 0.2) is 0 Å². The molecule has 1 amide bonds. The Morgan fingerprint density at radius 1 is 1.50 bits per heavy atom. The van der Waals surface area contributed by atoms with E-state index in [1.165, 1.54) is 19.2 Å². The minimum Gasteiger partial charge on any atom is -0.490 e. The fourth-order valence-corrected chi connectivity index (χ4v) is 3.14. The van der Waals surface area contributed by atoms with Crippen LogP contribution in [-0.4, -0.2) is 55.6 Å². The normalized spacial score (nSPS) is 13.2. The van der Waals surface area contributed by atoms with E-state index in [1.807, 2.05) is 0 Å². The van der Waals surface area contributed by atoms with Gasteiger partial charge >= 0.3 is 15.5 Å². The molecule has 0 bridgehead atoms. The van der Waals surface area contributed by atoms with Crippen LogP contribution >= 0.6 is 11.6 Å². The zero-order valence-electron chi connectivity index (χ0n) is 15.0. The van der Waals surface area contributed by atoms with Gasteiger partial charge in [0, 0.05) is 19.2 Å². The van der Waals surface area contributed by atoms with E-state index in [9.17, 15) is 26.4 Å². The topological polar surface area (TPSA) is 97.8 Å². The Hall–Kier alpha value is -1.89. The fraction of sp³-hybridized carbons (Fsp3) is 0.467. The van der Waals surface area contributed by atoms with E-state index in [-0.39, 0.29) is 21.8 Å². The van der Waals surface area contributed by atoms with Crippen molar-refractivity contribution in [3.05, 3.63) is 35.6 Å². The maximum Gasteiger partial charge on any atom is 0.511 e. The zero-order chi connectivity index (χ0) is 21.5. The molecule has 0 aromatic carbocycles. The van der Waals surface area contributed by atoms with Crippen molar-refractivity contribution >= 4 is 27.5 Å². The lowest BCUT2D eigenvalue weighted by atomic mass is 10.2. The van der Waals surface area contributed by atoms with Crippen molar-refractivity contribution < 1.29 is 35.9 Å². The molecule has 1 heterocycles. The van der Waals surface area contributed by atoms with E-state index >= 15 is 0 Å². The van der Waals surface area contributed by atoms with Crippen LogP contribution in [0.2, 0.25) is 5.15 Å². The Balaban J connectivity index is 2.89. The van der Waals surface area contributed by atoms with Crippen molar-refractivity contribution in [1.82, 2.24) is 14.6 Å². The lowest BCUT2D eigenvalue weighted by Gasteiger charge is -2.28. The molecule has 0 radical (unpaired) electrons. The Morgan fingerprint density at radius 3 is 2.68 bits per heavy atom. The van der Waals surface area contributed by atoms with Gasteiger partial charge in [-0.1, -0.05) is 18.2 Å². The quantitative estimate of drug-likeness (QED) is 0.336. The molecule has 1 aromatic rings. The van der Waals surface area contributed by atoms with Crippen molar-refractivity contribution in [2.75, 3.05) is 20.4 Å². The summed E-state index contributed by atoms with van der Waals surface area (Å²) in [5.74, 6) is -0.315. The number of sulfonamides is 1. The second-order valence-electron chi connectivity index (χ2n) is 5.46. The van der Waals surface area contributed by atoms with Gasteiger partial charge < -0.3 is 14.8 Å². The first-order valence-corrected chi connectivity index (χ1v) is 9.50. The summed E-state index contributed by atoms with van der Waals surface area (Å²) < 4.78 is 71.8. The molecule has 1 N–H and O–H groups in total. The third-order valence-electron chi connectivity index (χ3n) is 3.37. The molecule has 28 heavy (non-hydrogen) atoms. The van der Waals surface area contributed by atoms with Crippen molar-refractivity contribution in [2.45, 2.75) is 25.0 Å². The number of hydrogen-bond donors (Lipinski definition) is 1. The van der Waals surface area contributed by atoms with Crippen LogP contribution in [-0.2, 0) is 26.1 Å². The summed E-state index contributed by atoms with van der Waals surface area (Å²) in [6, 6.07) is 0.218. The Bertz CT molecular complexity index is 805. The number of pyridine rings is 1. The van der Waals surface area contributed by atoms with Gasteiger partial charge in [-0.2, -0.15) is 17.5 Å². The summed E-state index contributed by atoms with van der Waals surface area (Å²) in [5, 5.41) is 2.58. The number of rotatable bonds is 10. The minimum absolute atomic E-state index is 0.0156. The first-order valence-electron chi connectivity index (χ1n) is 7.68. The highest BCUT2D eigenvalue weighted by molar-refractivity contribution is 7.90. The molecule has 0 saturated carbocycles. The first kappa shape index (κ1) is 24.1. The molecule has 158 valence electrons. The summed E-state index contributed by atoms with van der Waals surface area (Å²) in [7, 11) is -4.54. The van der Waals surface area contributed by atoms with Crippen LogP contribution < -0.4 is 10.1 Å². The van der Waals surface area contributed by atoms with Gasteiger partial charge in [-0.05, 0) is 19.1 Å². The van der Waals surface area contributed by atoms with E-state index in [1.54, 1.807) is 0 Å². The van der Waals surface area contributed by atoms with E-state index in [0.29, 0.717) is 5.56 Å². The molecule has 1 rings (SSSR count). The van der Waals surface area contributed by atoms with Gasteiger partial charge in [-0.15, -0.1) is 0 Å². The van der Waals surface area contributed by atoms with Gasteiger partial charge in [0.1, 0.15) is 24.2 Å². The number of methoxy groups -OCH3 is 1. The number of amides is 1. The predicted molar refractivity (Wildman–Crippen MR) is 94.9 cm³/mol. The predicted octanol–water partition coefficient (Wildman–Crippen LogP) is 2.06. The summed E-state index contributed by atoms with van der Waals surface area (Å²) >= 11 is 5.91. The first-order chi connectivity index (χ1) is 12.9. The van der Waals surface area contributed by atoms with Gasteiger partial charge in [0.05, 0.1) is 12.2 Å². The van der Waals surface area contributed by atoms with Crippen LogP contribution in [0.1, 0.15) is 12.5 Å². The number of hydrogen-bond acceptors (Lipinski definition) is 6. The summed E-state index contributed by atoms with van der Waals surface area (Å²) in [6.45, 7) is 3.33. The molecule has 8 nitrogen and oxygen atoms in total. The molecular formula is C15H19ClF3N3O5S. The monoisotopic (exact) mass is 445 g/mol. The highest BCUT2D eigenvalue weighted by Gasteiger charge is 2.51. The Morgan fingerprint density at radius 2 is 2.14 bits per heavy atom. The molecular weight excluding hydrogens is 427 g/mol. The number of aromatic nitrogens is 1. The second kappa shape index (κ2) is 10.0. The fourth-order valence-electron chi connectivity index (χ4n) is 1.92. The van der Waals surface area contributed by atoms with Crippen LogP contribution in [0, 0.1) is 0 Å². The maximum absolute atomic E-state index is 12.8. The number of carbonyl (C=O) groups excluding carboxylic acids is 1. The third-order valence-corrected chi connectivity index (χ3v) is 5.37.